The van der Waals surface area contributed by atoms with Crippen LogP contribution in [0, 0.1) is 0 Å². The van der Waals surface area contributed by atoms with Crippen LogP contribution >= 0.6 is 0 Å². The minimum atomic E-state index is -0.408. The van der Waals surface area contributed by atoms with Gasteiger partial charge in [0.15, 0.2) is 0 Å². The van der Waals surface area contributed by atoms with E-state index >= 15 is 0 Å². The number of carbonyl (C=O) groups excluding carboxylic acids is 1. The largest absolute Gasteiger partial charge is 0.494 e. The van der Waals surface area contributed by atoms with Crippen molar-refractivity contribution in [1.82, 2.24) is 4.90 Å². The second-order valence-corrected chi connectivity index (χ2v) is 5.64. The number of amides is 1. The van der Waals surface area contributed by atoms with Crippen LogP contribution in [0.25, 0.3) is 0 Å². The molecule has 22 heavy (non-hydrogen) atoms. The van der Waals surface area contributed by atoms with Crippen molar-refractivity contribution in [3.8, 4) is 5.75 Å². The van der Waals surface area contributed by atoms with Gasteiger partial charge >= 0.3 is 0 Å². The number of rotatable bonds is 12. The number of hydrogen-bond acceptors (Lipinski definition) is 3. The molecule has 0 aliphatic heterocycles. The Labute approximate surface area is 134 Å². The Hall–Kier alpha value is -1.55. The highest BCUT2D eigenvalue weighted by atomic mass is 16.5. The Morgan fingerprint density at radius 2 is 1.55 bits per heavy atom. The van der Waals surface area contributed by atoms with Crippen molar-refractivity contribution >= 4 is 5.91 Å². The van der Waals surface area contributed by atoms with Crippen LogP contribution < -0.4 is 10.5 Å². The molecule has 0 saturated heterocycles. The average molecular weight is 306 g/mol. The Balaban J connectivity index is 2.27. The van der Waals surface area contributed by atoms with Crippen LogP contribution in [0.3, 0.4) is 0 Å². The summed E-state index contributed by atoms with van der Waals surface area (Å²) in [6.07, 6.45) is 6.03. The van der Waals surface area contributed by atoms with Gasteiger partial charge in [0, 0.05) is 12.1 Å². The molecule has 124 valence electrons. The molecule has 1 aromatic carbocycles. The van der Waals surface area contributed by atoms with Crippen LogP contribution in [0.4, 0.5) is 0 Å². The Bertz CT molecular complexity index is 410. The molecule has 1 aromatic rings. The molecule has 0 radical (unpaired) electrons. The molecule has 0 fully saturated rings. The first-order chi connectivity index (χ1) is 10.7. The summed E-state index contributed by atoms with van der Waals surface area (Å²) in [6.45, 7) is 8.62. The summed E-state index contributed by atoms with van der Waals surface area (Å²) >= 11 is 0. The van der Waals surface area contributed by atoms with Crippen LogP contribution in [0.15, 0.2) is 24.3 Å². The zero-order valence-electron chi connectivity index (χ0n) is 14.0. The number of nitrogens with two attached hydrogens (primary N) is 1. The summed E-state index contributed by atoms with van der Waals surface area (Å²) in [6, 6.07) is 7.00. The van der Waals surface area contributed by atoms with Crippen molar-refractivity contribution in [2.24, 2.45) is 5.73 Å². The fraction of sp³-hybridized carbons (Fsp3) is 0.611. The monoisotopic (exact) mass is 306 g/mol. The molecular formula is C18H30N2O2. The van der Waals surface area contributed by atoms with Gasteiger partial charge in [-0.05, 0) is 56.6 Å². The lowest BCUT2D eigenvalue weighted by Crippen LogP contribution is -2.28. The van der Waals surface area contributed by atoms with Gasteiger partial charge in [0.05, 0.1) is 6.61 Å². The van der Waals surface area contributed by atoms with Crippen molar-refractivity contribution in [1.29, 1.82) is 0 Å². The van der Waals surface area contributed by atoms with Crippen molar-refractivity contribution in [3.05, 3.63) is 29.8 Å². The normalized spacial score (nSPS) is 10.9. The molecule has 0 aliphatic rings. The predicted octanol–water partition coefficient (Wildman–Crippen LogP) is 3.46. The van der Waals surface area contributed by atoms with Gasteiger partial charge in [0.1, 0.15) is 5.75 Å². The van der Waals surface area contributed by atoms with Crippen molar-refractivity contribution in [2.45, 2.75) is 46.0 Å². The maximum Gasteiger partial charge on any atom is 0.248 e. The molecule has 0 saturated carbocycles. The maximum absolute atomic E-state index is 11.0. The summed E-state index contributed by atoms with van der Waals surface area (Å²) in [7, 11) is 0. The molecule has 0 unspecified atom stereocenters. The summed E-state index contributed by atoms with van der Waals surface area (Å²) < 4.78 is 5.72. The molecular weight excluding hydrogens is 276 g/mol. The van der Waals surface area contributed by atoms with Crippen LogP contribution in [0.5, 0.6) is 5.75 Å². The topological polar surface area (TPSA) is 55.6 Å². The zero-order valence-corrected chi connectivity index (χ0v) is 14.0. The molecule has 4 heteroatoms. The van der Waals surface area contributed by atoms with E-state index in [1.165, 1.54) is 38.8 Å². The van der Waals surface area contributed by atoms with Gasteiger partial charge in [-0.2, -0.15) is 0 Å². The van der Waals surface area contributed by atoms with Gasteiger partial charge in [0.25, 0.3) is 0 Å². The first-order valence-electron chi connectivity index (χ1n) is 8.42. The lowest BCUT2D eigenvalue weighted by Gasteiger charge is -2.21. The van der Waals surface area contributed by atoms with E-state index in [-0.39, 0.29) is 0 Å². The standard InChI is InChI=1S/C18H30N2O2/c1-3-5-12-20(13-6-4-2)14-7-15-22-17-10-8-16(9-11-17)18(19)21/h8-11H,3-7,12-15H2,1-2H3,(H2,19,21). The van der Waals surface area contributed by atoms with Crippen LogP contribution in [-0.2, 0) is 0 Å². The number of hydrogen-bond donors (Lipinski definition) is 1. The first kappa shape index (κ1) is 18.5. The van der Waals surface area contributed by atoms with E-state index in [9.17, 15) is 4.79 Å². The Morgan fingerprint density at radius 3 is 2.05 bits per heavy atom. The SMILES string of the molecule is CCCCN(CCCC)CCCOc1ccc(C(N)=O)cc1. The van der Waals surface area contributed by atoms with Crippen molar-refractivity contribution in [3.63, 3.8) is 0 Å². The molecule has 1 rings (SSSR count). The Morgan fingerprint density at radius 1 is 1.00 bits per heavy atom. The molecule has 0 spiro atoms. The third kappa shape index (κ3) is 7.46. The van der Waals surface area contributed by atoms with E-state index in [0.717, 1.165) is 18.7 Å². The van der Waals surface area contributed by atoms with Gasteiger partial charge in [-0.15, -0.1) is 0 Å². The third-order valence-corrected chi connectivity index (χ3v) is 3.68. The van der Waals surface area contributed by atoms with Gasteiger partial charge in [-0.1, -0.05) is 26.7 Å². The van der Waals surface area contributed by atoms with E-state index in [4.69, 9.17) is 10.5 Å². The van der Waals surface area contributed by atoms with E-state index < -0.39 is 5.91 Å². The predicted molar refractivity (Wildman–Crippen MR) is 91.3 cm³/mol. The number of benzene rings is 1. The van der Waals surface area contributed by atoms with Gasteiger partial charge in [-0.25, -0.2) is 0 Å². The second kappa shape index (κ2) is 11.1. The molecule has 4 nitrogen and oxygen atoms in total. The highest BCUT2D eigenvalue weighted by Crippen LogP contribution is 2.12. The molecule has 1 amide bonds. The summed E-state index contributed by atoms with van der Waals surface area (Å²) in [5.74, 6) is 0.382. The quantitative estimate of drug-likeness (QED) is 0.602. The molecule has 0 bridgehead atoms. The third-order valence-electron chi connectivity index (χ3n) is 3.68. The molecule has 0 aromatic heterocycles. The van der Waals surface area contributed by atoms with Gasteiger partial charge in [-0.3, -0.25) is 4.79 Å². The molecule has 0 atom stereocenters. The minimum Gasteiger partial charge on any atom is -0.494 e. The number of unbranched alkanes of at least 4 members (excludes halogenated alkanes) is 2. The summed E-state index contributed by atoms with van der Waals surface area (Å²) in [4.78, 5) is 13.5. The average Bonchev–Trinajstić information content (AvgIpc) is 2.53. The maximum atomic E-state index is 11.0. The van der Waals surface area contributed by atoms with Gasteiger partial charge in [0.2, 0.25) is 5.91 Å². The van der Waals surface area contributed by atoms with E-state index in [1.54, 1.807) is 24.3 Å². The lowest BCUT2D eigenvalue weighted by atomic mass is 10.2. The summed E-state index contributed by atoms with van der Waals surface area (Å²) in [5, 5.41) is 0. The fourth-order valence-electron chi connectivity index (χ4n) is 2.29. The number of primary amides is 1. The second-order valence-electron chi connectivity index (χ2n) is 5.64. The number of carbonyl (C=O) groups is 1. The van der Waals surface area contributed by atoms with Crippen LogP contribution in [0.2, 0.25) is 0 Å². The molecule has 0 aliphatic carbocycles. The van der Waals surface area contributed by atoms with Crippen molar-refractivity contribution in [2.75, 3.05) is 26.2 Å². The fourth-order valence-corrected chi connectivity index (χ4v) is 2.29. The number of nitrogens with zero attached hydrogens (tertiary/aromatic N) is 1. The Kier molecular flexibility index (Phi) is 9.31. The van der Waals surface area contributed by atoms with Crippen LogP contribution in [-0.4, -0.2) is 37.0 Å². The van der Waals surface area contributed by atoms with Crippen LogP contribution in [0.1, 0.15) is 56.3 Å². The van der Waals surface area contributed by atoms with Crippen molar-refractivity contribution < 1.29 is 9.53 Å². The van der Waals surface area contributed by atoms with E-state index in [1.807, 2.05) is 0 Å². The zero-order chi connectivity index (χ0) is 16.2. The van der Waals surface area contributed by atoms with Gasteiger partial charge < -0.3 is 15.4 Å². The highest BCUT2D eigenvalue weighted by Gasteiger charge is 2.04. The lowest BCUT2D eigenvalue weighted by molar-refractivity contribution is 0.100. The smallest absolute Gasteiger partial charge is 0.248 e. The van der Waals surface area contributed by atoms with E-state index in [0.29, 0.717) is 12.2 Å². The molecule has 0 heterocycles. The highest BCUT2D eigenvalue weighted by molar-refractivity contribution is 5.92. The summed E-state index contributed by atoms with van der Waals surface area (Å²) in [5.41, 5.74) is 5.73. The first-order valence-corrected chi connectivity index (χ1v) is 8.42. The molecule has 2 N–H and O–H groups in total. The minimum absolute atomic E-state index is 0.408. The van der Waals surface area contributed by atoms with E-state index in [2.05, 4.69) is 18.7 Å². The number of ether oxygens (including phenoxy) is 1.